The first-order chi connectivity index (χ1) is 9.52. The molecule has 6 nitrogen and oxygen atoms in total. The molecule has 2 rings (SSSR count). The fourth-order valence-electron chi connectivity index (χ4n) is 1.69. The number of aromatic nitrogens is 3. The molecule has 9 heteroatoms. The summed E-state index contributed by atoms with van der Waals surface area (Å²) in [5, 5.41) is 18.3. The second-order valence-electron chi connectivity index (χ2n) is 3.96. The number of rotatable bonds is 5. The minimum atomic E-state index is -1.08. The Morgan fingerprint density at radius 3 is 2.80 bits per heavy atom. The van der Waals surface area contributed by atoms with Crippen LogP contribution in [-0.4, -0.2) is 25.8 Å². The fourth-order valence-corrected chi connectivity index (χ4v) is 1.82. The largest absolute Gasteiger partial charge is 0.300 e. The summed E-state index contributed by atoms with van der Waals surface area (Å²) >= 11 is 5.54. The van der Waals surface area contributed by atoms with Gasteiger partial charge >= 0.3 is 5.69 Å². The number of halogens is 3. The van der Waals surface area contributed by atoms with Gasteiger partial charge in [0.1, 0.15) is 5.82 Å². The maximum Gasteiger partial charge on any atom is 0.300 e. The first-order valence-electron chi connectivity index (χ1n) is 5.64. The fraction of sp³-hybridized carbons (Fsp3) is 0.273. The topological polar surface area (TPSA) is 73.8 Å². The predicted molar refractivity (Wildman–Crippen MR) is 67.0 cm³/mol. The quantitative estimate of drug-likeness (QED) is 0.483. The normalized spacial score (nSPS) is 10.8. The van der Waals surface area contributed by atoms with Crippen LogP contribution < -0.4 is 0 Å². The molecule has 0 amide bonds. The van der Waals surface area contributed by atoms with E-state index in [2.05, 4.69) is 10.3 Å². The molecule has 0 atom stereocenters. The molecular weight excluding hydrogens is 294 g/mol. The SMILES string of the molecule is O=[N+]([O-])c1cc(F)cc(F)c1-n1cc(CCCCl)nn1. The highest BCUT2D eigenvalue weighted by atomic mass is 35.5. The lowest BCUT2D eigenvalue weighted by molar-refractivity contribution is -0.385. The van der Waals surface area contributed by atoms with Crippen LogP contribution in [0.25, 0.3) is 5.69 Å². The van der Waals surface area contributed by atoms with Crippen molar-refractivity contribution in [3.8, 4) is 5.69 Å². The summed E-state index contributed by atoms with van der Waals surface area (Å²) in [6, 6.07) is 1.20. The molecule has 1 heterocycles. The Morgan fingerprint density at radius 2 is 2.15 bits per heavy atom. The van der Waals surface area contributed by atoms with Crippen molar-refractivity contribution >= 4 is 17.3 Å². The highest BCUT2D eigenvalue weighted by molar-refractivity contribution is 6.17. The molecular formula is C11H9ClF2N4O2. The number of benzene rings is 1. The van der Waals surface area contributed by atoms with E-state index in [1.54, 1.807) is 0 Å². The zero-order chi connectivity index (χ0) is 14.7. The van der Waals surface area contributed by atoms with Gasteiger partial charge < -0.3 is 0 Å². The van der Waals surface area contributed by atoms with Crippen molar-refractivity contribution < 1.29 is 13.7 Å². The molecule has 0 spiro atoms. The van der Waals surface area contributed by atoms with E-state index in [0.29, 0.717) is 36.5 Å². The zero-order valence-corrected chi connectivity index (χ0v) is 10.8. The van der Waals surface area contributed by atoms with Crippen LogP contribution in [0, 0.1) is 21.7 Å². The third kappa shape index (κ3) is 2.90. The summed E-state index contributed by atoms with van der Waals surface area (Å²) in [6.07, 6.45) is 2.52. The predicted octanol–water partition coefficient (Wildman–Crippen LogP) is 2.63. The number of hydrogen-bond acceptors (Lipinski definition) is 4. The summed E-state index contributed by atoms with van der Waals surface area (Å²) in [7, 11) is 0. The van der Waals surface area contributed by atoms with Gasteiger partial charge in [-0.25, -0.2) is 13.5 Å². The highest BCUT2D eigenvalue weighted by Crippen LogP contribution is 2.26. The monoisotopic (exact) mass is 302 g/mol. The maximum absolute atomic E-state index is 13.8. The van der Waals surface area contributed by atoms with E-state index in [1.165, 1.54) is 6.20 Å². The van der Waals surface area contributed by atoms with Crippen molar-refractivity contribution in [2.45, 2.75) is 12.8 Å². The molecule has 0 saturated heterocycles. The van der Waals surface area contributed by atoms with Gasteiger partial charge in [0.05, 0.1) is 22.9 Å². The average Bonchev–Trinajstić information content (AvgIpc) is 2.83. The maximum atomic E-state index is 13.8. The van der Waals surface area contributed by atoms with Gasteiger partial charge in [0.25, 0.3) is 0 Å². The van der Waals surface area contributed by atoms with Gasteiger partial charge in [-0.05, 0) is 12.8 Å². The molecule has 2 aromatic rings. The Hall–Kier alpha value is -2.09. The first kappa shape index (κ1) is 14.3. The zero-order valence-electron chi connectivity index (χ0n) is 10.1. The Bertz CT molecular complexity index is 647. The van der Waals surface area contributed by atoms with Gasteiger partial charge in [0, 0.05) is 11.9 Å². The number of nitro groups is 1. The van der Waals surface area contributed by atoms with Crippen LogP contribution >= 0.6 is 11.6 Å². The number of aryl methyl sites for hydroxylation is 1. The van der Waals surface area contributed by atoms with Gasteiger partial charge in [0.15, 0.2) is 11.5 Å². The molecule has 0 bridgehead atoms. The molecule has 0 aliphatic rings. The Kier molecular flexibility index (Phi) is 4.23. The van der Waals surface area contributed by atoms with Crippen molar-refractivity contribution in [1.29, 1.82) is 0 Å². The van der Waals surface area contributed by atoms with Crippen molar-refractivity contribution in [1.82, 2.24) is 15.0 Å². The van der Waals surface area contributed by atoms with Crippen LogP contribution in [0.3, 0.4) is 0 Å². The third-order valence-electron chi connectivity index (χ3n) is 2.54. The summed E-state index contributed by atoms with van der Waals surface area (Å²) in [5.41, 5.74) is -0.638. The Balaban J connectivity index is 2.46. The Labute approximate surface area is 117 Å². The van der Waals surface area contributed by atoms with E-state index < -0.39 is 27.9 Å². The molecule has 1 aromatic carbocycles. The van der Waals surface area contributed by atoms with Crippen molar-refractivity contribution in [3.63, 3.8) is 0 Å². The van der Waals surface area contributed by atoms with Gasteiger partial charge in [0.2, 0.25) is 0 Å². The van der Waals surface area contributed by atoms with E-state index in [0.717, 1.165) is 4.68 Å². The van der Waals surface area contributed by atoms with Crippen LogP contribution in [0.2, 0.25) is 0 Å². The second-order valence-corrected chi connectivity index (χ2v) is 4.34. The van der Waals surface area contributed by atoms with E-state index in [4.69, 9.17) is 11.6 Å². The summed E-state index contributed by atoms with van der Waals surface area (Å²) in [4.78, 5) is 10.00. The summed E-state index contributed by atoms with van der Waals surface area (Å²) < 4.78 is 27.7. The second kappa shape index (κ2) is 5.91. The molecule has 106 valence electrons. The molecule has 20 heavy (non-hydrogen) atoms. The molecule has 0 radical (unpaired) electrons. The third-order valence-corrected chi connectivity index (χ3v) is 2.81. The van der Waals surface area contributed by atoms with Crippen molar-refractivity contribution in [2.75, 3.05) is 5.88 Å². The number of hydrogen-bond donors (Lipinski definition) is 0. The first-order valence-corrected chi connectivity index (χ1v) is 6.17. The van der Waals surface area contributed by atoms with E-state index >= 15 is 0 Å². The van der Waals surface area contributed by atoms with Gasteiger partial charge in [-0.1, -0.05) is 5.21 Å². The van der Waals surface area contributed by atoms with E-state index in [-0.39, 0.29) is 0 Å². The molecule has 1 aromatic heterocycles. The molecule has 0 N–H and O–H groups in total. The Morgan fingerprint density at radius 1 is 1.40 bits per heavy atom. The molecule has 0 unspecified atom stereocenters. The average molecular weight is 303 g/mol. The van der Waals surface area contributed by atoms with Crippen LogP contribution in [0.1, 0.15) is 12.1 Å². The van der Waals surface area contributed by atoms with Gasteiger partial charge in [-0.15, -0.1) is 16.7 Å². The number of alkyl halides is 1. The summed E-state index contributed by atoms with van der Waals surface area (Å²) in [6.45, 7) is 0. The van der Waals surface area contributed by atoms with Gasteiger partial charge in [-0.2, -0.15) is 0 Å². The van der Waals surface area contributed by atoms with Crippen LogP contribution in [0.15, 0.2) is 18.3 Å². The lowest BCUT2D eigenvalue weighted by atomic mass is 10.2. The van der Waals surface area contributed by atoms with Crippen LogP contribution in [0.4, 0.5) is 14.5 Å². The lowest BCUT2D eigenvalue weighted by Crippen LogP contribution is -2.05. The van der Waals surface area contributed by atoms with Gasteiger partial charge in [-0.3, -0.25) is 10.1 Å². The van der Waals surface area contributed by atoms with Crippen LogP contribution in [-0.2, 0) is 6.42 Å². The molecule has 0 saturated carbocycles. The summed E-state index contributed by atoms with van der Waals surface area (Å²) in [5.74, 6) is -1.68. The minimum absolute atomic E-state index is 0.428. The standard InChI is InChI=1S/C11H9ClF2N4O2/c12-3-1-2-8-6-17(16-15-8)11-9(14)4-7(13)5-10(11)18(19)20/h4-6H,1-3H2. The number of nitro benzene ring substituents is 1. The smallest absolute Gasteiger partial charge is 0.258 e. The molecule has 0 fully saturated rings. The minimum Gasteiger partial charge on any atom is -0.258 e. The number of nitrogens with zero attached hydrogens (tertiary/aromatic N) is 4. The van der Waals surface area contributed by atoms with Crippen molar-refractivity contribution in [3.05, 3.63) is 45.8 Å². The van der Waals surface area contributed by atoms with Crippen molar-refractivity contribution in [2.24, 2.45) is 0 Å². The highest BCUT2D eigenvalue weighted by Gasteiger charge is 2.23. The lowest BCUT2D eigenvalue weighted by Gasteiger charge is -2.03. The van der Waals surface area contributed by atoms with E-state index in [9.17, 15) is 18.9 Å². The molecule has 0 aliphatic carbocycles. The van der Waals surface area contributed by atoms with Crippen LogP contribution in [0.5, 0.6) is 0 Å². The van der Waals surface area contributed by atoms with E-state index in [1.807, 2.05) is 0 Å². The molecule has 0 aliphatic heterocycles.